The van der Waals surface area contributed by atoms with E-state index in [9.17, 15) is 13.2 Å². The summed E-state index contributed by atoms with van der Waals surface area (Å²) in [5.41, 5.74) is 2.42. The molecule has 1 atom stereocenters. The van der Waals surface area contributed by atoms with Crippen molar-refractivity contribution in [2.24, 2.45) is 0 Å². The fraction of sp³-hybridized carbons (Fsp3) is 0.316. The first-order valence-corrected chi connectivity index (χ1v) is 10.6. The molecule has 0 aliphatic carbocycles. The van der Waals surface area contributed by atoms with Crippen LogP contribution in [0, 0.1) is 0 Å². The molecule has 1 fully saturated rings. The Balaban J connectivity index is 1.52. The third-order valence-corrected chi connectivity index (χ3v) is 7.32. The molecule has 2 aromatic rings. The van der Waals surface area contributed by atoms with E-state index >= 15 is 0 Å². The lowest BCUT2D eigenvalue weighted by Crippen LogP contribution is -2.48. The average Bonchev–Trinajstić information content (AvgIpc) is 2.95. The molecule has 27 heavy (non-hydrogen) atoms. The molecule has 1 N–H and O–H groups in total. The minimum atomic E-state index is -3.60. The first-order valence-electron chi connectivity index (χ1n) is 8.82. The second kappa shape index (κ2) is 6.82. The molecule has 2 heterocycles. The number of benzene rings is 2. The van der Waals surface area contributed by atoms with E-state index in [1.807, 2.05) is 24.3 Å². The van der Waals surface area contributed by atoms with Crippen molar-refractivity contribution in [1.29, 1.82) is 0 Å². The van der Waals surface area contributed by atoms with E-state index in [0.29, 0.717) is 36.9 Å². The first kappa shape index (κ1) is 18.3. The number of halogens is 1. The van der Waals surface area contributed by atoms with Crippen LogP contribution in [0.2, 0.25) is 5.02 Å². The van der Waals surface area contributed by atoms with Crippen molar-refractivity contribution < 1.29 is 13.2 Å². The van der Waals surface area contributed by atoms with Gasteiger partial charge in [-0.1, -0.05) is 17.7 Å². The molecule has 6 nitrogen and oxygen atoms in total. The maximum atomic E-state index is 13.1. The number of fused-ring (bicyclic) bond motifs is 1. The summed E-state index contributed by atoms with van der Waals surface area (Å²) in [5, 5.41) is 3.43. The topological polar surface area (TPSA) is 69.7 Å². The standard InChI is InChI=1S/C19H20ClN3O3S/c1-13-17-12-16(5-6-18(17)21-19(13)24)27(25,26)23-9-7-22(8-10-23)15-4-2-3-14(20)11-15/h2-6,11-13H,7-10H2,1H3,(H,21,24)/t13-/m1/s1. The van der Waals surface area contributed by atoms with Crippen LogP contribution in [-0.2, 0) is 14.8 Å². The highest BCUT2D eigenvalue weighted by atomic mass is 35.5. The number of rotatable bonds is 3. The Morgan fingerprint density at radius 2 is 1.81 bits per heavy atom. The summed E-state index contributed by atoms with van der Waals surface area (Å²) in [6.07, 6.45) is 0. The van der Waals surface area contributed by atoms with Gasteiger partial charge in [-0.3, -0.25) is 4.79 Å². The van der Waals surface area contributed by atoms with Gasteiger partial charge < -0.3 is 10.2 Å². The largest absolute Gasteiger partial charge is 0.369 e. The number of anilines is 2. The molecule has 0 bridgehead atoms. The summed E-state index contributed by atoms with van der Waals surface area (Å²) in [6, 6.07) is 12.4. The molecule has 2 aliphatic rings. The van der Waals surface area contributed by atoms with Gasteiger partial charge in [0, 0.05) is 42.6 Å². The Morgan fingerprint density at radius 1 is 1.07 bits per heavy atom. The van der Waals surface area contributed by atoms with Crippen molar-refractivity contribution >= 4 is 38.9 Å². The average molecular weight is 406 g/mol. The summed E-state index contributed by atoms with van der Waals surface area (Å²) >= 11 is 6.05. The highest BCUT2D eigenvalue weighted by molar-refractivity contribution is 7.89. The number of hydrogen-bond acceptors (Lipinski definition) is 4. The van der Waals surface area contributed by atoms with Crippen LogP contribution in [0.15, 0.2) is 47.4 Å². The second-order valence-electron chi connectivity index (χ2n) is 6.83. The highest BCUT2D eigenvalue weighted by Gasteiger charge is 2.32. The lowest BCUT2D eigenvalue weighted by Gasteiger charge is -2.35. The minimum Gasteiger partial charge on any atom is -0.369 e. The van der Waals surface area contributed by atoms with Crippen LogP contribution in [0.4, 0.5) is 11.4 Å². The van der Waals surface area contributed by atoms with Crippen LogP contribution in [0.25, 0.3) is 0 Å². The van der Waals surface area contributed by atoms with Crippen molar-refractivity contribution in [2.45, 2.75) is 17.7 Å². The van der Waals surface area contributed by atoms with Gasteiger partial charge in [-0.15, -0.1) is 0 Å². The molecule has 0 saturated carbocycles. The number of hydrogen-bond donors (Lipinski definition) is 1. The number of carbonyl (C=O) groups is 1. The zero-order valence-corrected chi connectivity index (χ0v) is 16.4. The lowest BCUT2D eigenvalue weighted by molar-refractivity contribution is -0.116. The third kappa shape index (κ3) is 3.31. The molecule has 2 aromatic carbocycles. The smallest absolute Gasteiger partial charge is 0.243 e. The van der Waals surface area contributed by atoms with Crippen LogP contribution in [0.5, 0.6) is 0 Å². The maximum Gasteiger partial charge on any atom is 0.243 e. The van der Waals surface area contributed by atoms with E-state index < -0.39 is 10.0 Å². The Kier molecular flexibility index (Phi) is 4.61. The molecule has 2 aliphatic heterocycles. The van der Waals surface area contributed by atoms with Gasteiger partial charge >= 0.3 is 0 Å². The molecule has 1 saturated heterocycles. The van der Waals surface area contributed by atoms with E-state index in [1.54, 1.807) is 25.1 Å². The van der Waals surface area contributed by atoms with Crippen molar-refractivity contribution in [3.8, 4) is 0 Å². The quantitative estimate of drug-likeness (QED) is 0.852. The molecule has 8 heteroatoms. The molecular formula is C19H20ClN3O3S. The number of amides is 1. The molecule has 0 unspecified atom stereocenters. The SMILES string of the molecule is C[C@H]1C(=O)Nc2ccc(S(=O)(=O)N3CCN(c4cccc(Cl)c4)CC3)cc21. The number of nitrogens with zero attached hydrogens (tertiary/aromatic N) is 2. The predicted octanol–water partition coefficient (Wildman–Crippen LogP) is 2.91. The Morgan fingerprint density at radius 3 is 2.52 bits per heavy atom. The summed E-state index contributed by atoms with van der Waals surface area (Å²) in [4.78, 5) is 14.2. The third-order valence-electron chi connectivity index (χ3n) is 5.19. The van der Waals surface area contributed by atoms with Gasteiger partial charge in [-0.2, -0.15) is 4.31 Å². The van der Waals surface area contributed by atoms with E-state index in [1.165, 1.54) is 4.31 Å². The predicted molar refractivity (Wildman–Crippen MR) is 106 cm³/mol. The van der Waals surface area contributed by atoms with Crippen molar-refractivity contribution in [3.05, 3.63) is 53.1 Å². The molecular weight excluding hydrogens is 386 g/mol. The minimum absolute atomic E-state index is 0.102. The second-order valence-corrected chi connectivity index (χ2v) is 9.21. The Labute approximate surface area is 163 Å². The fourth-order valence-corrected chi connectivity index (χ4v) is 5.21. The number of sulfonamides is 1. The van der Waals surface area contributed by atoms with Crippen LogP contribution in [0.1, 0.15) is 18.4 Å². The molecule has 0 spiro atoms. The van der Waals surface area contributed by atoms with E-state index in [4.69, 9.17) is 11.6 Å². The number of carbonyl (C=O) groups excluding carboxylic acids is 1. The van der Waals surface area contributed by atoms with E-state index in [2.05, 4.69) is 10.2 Å². The zero-order valence-electron chi connectivity index (χ0n) is 14.9. The van der Waals surface area contributed by atoms with Gasteiger partial charge in [0.15, 0.2) is 0 Å². The van der Waals surface area contributed by atoms with Crippen LogP contribution >= 0.6 is 11.6 Å². The Bertz CT molecular complexity index is 1000. The van der Waals surface area contributed by atoms with Crippen molar-refractivity contribution in [2.75, 3.05) is 36.4 Å². The van der Waals surface area contributed by atoms with Crippen molar-refractivity contribution in [3.63, 3.8) is 0 Å². The zero-order chi connectivity index (χ0) is 19.2. The van der Waals surface area contributed by atoms with Crippen molar-refractivity contribution in [1.82, 2.24) is 4.31 Å². The summed E-state index contributed by atoms with van der Waals surface area (Å²) in [6.45, 7) is 3.78. The van der Waals surface area contributed by atoms with Gasteiger partial charge in [-0.25, -0.2) is 8.42 Å². The number of nitrogens with one attached hydrogen (secondary N) is 1. The molecule has 142 valence electrons. The monoisotopic (exact) mass is 405 g/mol. The summed E-state index contributed by atoms with van der Waals surface area (Å²) < 4.78 is 27.6. The molecule has 4 rings (SSSR count). The maximum absolute atomic E-state index is 13.1. The van der Waals surface area contributed by atoms with E-state index in [-0.39, 0.29) is 16.7 Å². The molecule has 0 radical (unpaired) electrons. The lowest BCUT2D eigenvalue weighted by atomic mass is 10.0. The van der Waals surface area contributed by atoms with Gasteiger partial charge in [-0.05, 0) is 48.9 Å². The number of piperazine rings is 1. The summed E-state index contributed by atoms with van der Waals surface area (Å²) in [7, 11) is -3.60. The van der Waals surface area contributed by atoms with Gasteiger partial charge in [0.05, 0.1) is 10.8 Å². The van der Waals surface area contributed by atoms with Crippen LogP contribution < -0.4 is 10.2 Å². The fourth-order valence-electron chi connectivity index (χ4n) is 3.56. The van der Waals surface area contributed by atoms with Gasteiger partial charge in [0.2, 0.25) is 15.9 Å². The van der Waals surface area contributed by atoms with Gasteiger partial charge in [0.25, 0.3) is 0 Å². The van der Waals surface area contributed by atoms with Crippen LogP contribution in [-0.4, -0.2) is 44.8 Å². The van der Waals surface area contributed by atoms with Crippen LogP contribution in [0.3, 0.4) is 0 Å². The van der Waals surface area contributed by atoms with Gasteiger partial charge in [0.1, 0.15) is 0 Å². The molecule has 0 aromatic heterocycles. The Hall–Kier alpha value is -2.09. The van der Waals surface area contributed by atoms with E-state index in [0.717, 1.165) is 11.3 Å². The summed E-state index contributed by atoms with van der Waals surface area (Å²) in [5.74, 6) is -0.440. The first-order chi connectivity index (χ1) is 12.9. The molecule has 1 amide bonds. The normalized spacial score (nSPS) is 20.4. The highest BCUT2D eigenvalue weighted by Crippen LogP contribution is 2.34.